The molecule has 0 fully saturated rings. The highest BCUT2D eigenvalue weighted by molar-refractivity contribution is 9.10. The van der Waals surface area contributed by atoms with Crippen LogP contribution in [-0.4, -0.2) is 9.97 Å². The lowest BCUT2D eigenvalue weighted by Gasteiger charge is -2.08. The van der Waals surface area contributed by atoms with E-state index in [4.69, 9.17) is 10.5 Å². The van der Waals surface area contributed by atoms with Gasteiger partial charge in [-0.3, -0.25) is 4.98 Å². The third kappa shape index (κ3) is 3.01. The summed E-state index contributed by atoms with van der Waals surface area (Å²) in [6, 6.07) is 5.63. The first-order chi connectivity index (χ1) is 8.19. The van der Waals surface area contributed by atoms with Gasteiger partial charge >= 0.3 is 0 Å². The van der Waals surface area contributed by atoms with Crippen molar-refractivity contribution in [3.8, 4) is 11.6 Å². The van der Waals surface area contributed by atoms with Crippen molar-refractivity contribution in [2.75, 3.05) is 0 Å². The van der Waals surface area contributed by atoms with Crippen LogP contribution in [0.2, 0.25) is 0 Å². The van der Waals surface area contributed by atoms with E-state index in [1.54, 1.807) is 12.4 Å². The maximum Gasteiger partial charge on any atom is 0.223 e. The van der Waals surface area contributed by atoms with Gasteiger partial charge in [-0.1, -0.05) is 0 Å². The van der Waals surface area contributed by atoms with E-state index in [1.807, 2.05) is 25.1 Å². The average molecular weight is 294 g/mol. The van der Waals surface area contributed by atoms with Crippen LogP contribution in [0.15, 0.2) is 35.1 Å². The summed E-state index contributed by atoms with van der Waals surface area (Å²) in [7, 11) is 0. The number of nitrogens with two attached hydrogens (primary N) is 1. The van der Waals surface area contributed by atoms with Crippen molar-refractivity contribution in [1.82, 2.24) is 9.97 Å². The Bertz CT molecular complexity index is 514. The van der Waals surface area contributed by atoms with Crippen molar-refractivity contribution in [3.05, 3.63) is 46.3 Å². The molecule has 2 aromatic heterocycles. The van der Waals surface area contributed by atoms with Crippen molar-refractivity contribution in [1.29, 1.82) is 0 Å². The quantitative estimate of drug-likeness (QED) is 0.945. The largest absolute Gasteiger partial charge is 0.437 e. The number of rotatable bonds is 3. The molecule has 0 spiro atoms. The van der Waals surface area contributed by atoms with Gasteiger partial charge in [0, 0.05) is 28.5 Å². The van der Waals surface area contributed by atoms with Crippen LogP contribution in [0.5, 0.6) is 11.6 Å². The number of pyridine rings is 2. The molecule has 0 atom stereocenters. The number of nitrogens with zero attached hydrogens (tertiary/aromatic N) is 2. The number of aryl methyl sites for hydroxylation is 1. The van der Waals surface area contributed by atoms with Gasteiger partial charge < -0.3 is 10.5 Å². The molecule has 0 aliphatic carbocycles. The minimum Gasteiger partial charge on any atom is -0.437 e. The molecule has 4 nitrogen and oxygen atoms in total. The zero-order chi connectivity index (χ0) is 12.3. The molecule has 0 aliphatic rings. The molecule has 0 saturated carbocycles. The fourth-order valence-corrected chi connectivity index (χ4v) is 1.71. The minimum absolute atomic E-state index is 0.376. The predicted molar refractivity (Wildman–Crippen MR) is 68.9 cm³/mol. The molecule has 0 radical (unpaired) electrons. The molecule has 0 saturated heterocycles. The summed E-state index contributed by atoms with van der Waals surface area (Å²) < 4.78 is 6.52. The molecule has 2 heterocycles. The van der Waals surface area contributed by atoms with Gasteiger partial charge in [-0.2, -0.15) is 0 Å². The van der Waals surface area contributed by atoms with Gasteiger partial charge in [0.15, 0.2) is 0 Å². The van der Waals surface area contributed by atoms with Gasteiger partial charge in [0.1, 0.15) is 5.75 Å². The van der Waals surface area contributed by atoms with Gasteiger partial charge in [0.25, 0.3) is 0 Å². The lowest BCUT2D eigenvalue weighted by Crippen LogP contribution is -2.01. The van der Waals surface area contributed by atoms with E-state index in [0.29, 0.717) is 18.2 Å². The fraction of sp³-hybridized carbons (Fsp3) is 0.167. The Morgan fingerprint density at radius 1 is 1.29 bits per heavy atom. The highest BCUT2D eigenvalue weighted by atomic mass is 79.9. The Morgan fingerprint density at radius 3 is 2.76 bits per heavy atom. The number of hydrogen-bond acceptors (Lipinski definition) is 4. The summed E-state index contributed by atoms with van der Waals surface area (Å²) in [4.78, 5) is 8.34. The molecule has 17 heavy (non-hydrogen) atoms. The summed E-state index contributed by atoms with van der Waals surface area (Å²) >= 11 is 3.35. The molecular weight excluding hydrogens is 282 g/mol. The molecule has 0 aliphatic heterocycles. The van der Waals surface area contributed by atoms with Crippen LogP contribution in [-0.2, 0) is 6.54 Å². The monoisotopic (exact) mass is 293 g/mol. The lowest BCUT2D eigenvalue weighted by molar-refractivity contribution is 0.454. The molecule has 0 unspecified atom stereocenters. The van der Waals surface area contributed by atoms with Gasteiger partial charge in [-0.15, -0.1) is 0 Å². The number of halogens is 1. The molecular formula is C12H12BrN3O. The highest BCUT2D eigenvalue weighted by Gasteiger charge is 2.06. The van der Waals surface area contributed by atoms with Crippen molar-refractivity contribution in [3.63, 3.8) is 0 Å². The van der Waals surface area contributed by atoms with E-state index in [1.165, 1.54) is 0 Å². The summed E-state index contributed by atoms with van der Waals surface area (Å²) in [6.07, 6.45) is 3.34. The second-order valence-corrected chi connectivity index (χ2v) is 4.47. The normalized spacial score (nSPS) is 10.3. The highest BCUT2D eigenvalue weighted by Crippen LogP contribution is 2.24. The summed E-state index contributed by atoms with van der Waals surface area (Å²) in [6.45, 7) is 2.30. The van der Waals surface area contributed by atoms with Crippen LogP contribution < -0.4 is 10.5 Å². The van der Waals surface area contributed by atoms with E-state index in [2.05, 4.69) is 25.9 Å². The van der Waals surface area contributed by atoms with E-state index in [-0.39, 0.29) is 0 Å². The van der Waals surface area contributed by atoms with Crippen LogP contribution >= 0.6 is 15.9 Å². The van der Waals surface area contributed by atoms with E-state index in [9.17, 15) is 0 Å². The van der Waals surface area contributed by atoms with Gasteiger partial charge in [-0.05, 0) is 41.1 Å². The zero-order valence-electron chi connectivity index (χ0n) is 9.35. The van der Waals surface area contributed by atoms with E-state index >= 15 is 0 Å². The molecule has 2 rings (SSSR count). The first-order valence-electron chi connectivity index (χ1n) is 5.14. The van der Waals surface area contributed by atoms with Crippen LogP contribution in [0.25, 0.3) is 0 Å². The number of hydrogen-bond donors (Lipinski definition) is 1. The molecule has 2 aromatic rings. The first kappa shape index (κ1) is 12.0. The summed E-state index contributed by atoms with van der Waals surface area (Å²) in [5, 5.41) is 0. The summed E-state index contributed by atoms with van der Waals surface area (Å²) in [5.41, 5.74) is 7.43. The minimum atomic E-state index is 0.376. The van der Waals surface area contributed by atoms with Crippen LogP contribution in [0.1, 0.15) is 11.3 Å². The Morgan fingerprint density at radius 2 is 2.12 bits per heavy atom. The Balaban J connectivity index is 2.26. The van der Waals surface area contributed by atoms with Crippen molar-refractivity contribution < 1.29 is 4.74 Å². The Labute approximate surface area is 108 Å². The molecule has 0 aromatic carbocycles. The van der Waals surface area contributed by atoms with Crippen molar-refractivity contribution in [2.24, 2.45) is 5.73 Å². The van der Waals surface area contributed by atoms with E-state index in [0.717, 1.165) is 15.7 Å². The van der Waals surface area contributed by atoms with Gasteiger partial charge in [0.05, 0.1) is 6.20 Å². The maximum atomic E-state index is 5.64. The topological polar surface area (TPSA) is 61.0 Å². The van der Waals surface area contributed by atoms with Crippen molar-refractivity contribution in [2.45, 2.75) is 13.5 Å². The Kier molecular flexibility index (Phi) is 3.71. The average Bonchev–Trinajstić information content (AvgIpc) is 2.34. The van der Waals surface area contributed by atoms with Crippen LogP contribution in [0, 0.1) is 6.92 Å². The lowest BCUT2D eigenvalue weighted by atomic mass is 10.3. The van der Waals surface area contributed by atoms with Crippen LogP contribution in [0.3, 0.4) is 0 Å². The molecule has 0 amide bonds. The van der Waals surface area contributed by atoms with E-state index < -0.39 is 0 Å². The SMILES string of the molecule is Cc1ccc(Oc2ncc(Br)cc2CN)cn1. The zero-order valence-corrected chi connectivity index (χ0v) is 10.9. The third-order valence-corrected chi connectivity index (χ3v) is 2.64. The smallest absolute Gasteiger partial charge is 0.223 e. The second-order valence-electron chi connectivity index (χ2n) is 3.56. The number of ether oxygens (including phenoxy) is 1. The predicted octanol–water partition coefficient (Wildman–Crippen LogP) is 2.80. The van der Waals surface area contributed by atoms with Crippen molar-refractivity contribution >= 4 is 15.9 Å². The fourth-order valence-electron chi connectivity index (χ4n) is 1.33. The molecule has 88 valence electrons. The maximum absolute atomic E-state index is 5.64. The van der Waals surface area contributed by atoms with Gasteiger partial charge in [0.2, 0.25) is 5.88 Å². The van der Waals surface area contributed by atoms with Gasteiger partial charge in [-0.25, -0.2) is 4.98 Å². The molecule has 0 bridgehead atoms. The van der Waals surface area contributed by atoms with Crippen LogP contribution in [0.4, 0.5) is 0 Å². The first-order valence-corrected chi connectivity index (χ1v) is 5.93. The third-order valence-electron chi connectivity index (χ3n) is 2.21. The summed E-state index contributed by atoms with van der Waals surface area (Å²) in [5.74, 6) is 1.17. The molecule has 2 N–H and O–H groups in total. The Hall–Kier alpha value is -1.46. The number of aromatic nitrogens is 2. The molecule has 5 heteroatoms. The standard InChI is InChI=1S/C12H12BrN3O/c1-8-2-3-11(7-15-8)17-12-9(5-14)4-10(13)6-16-12/h2-4,6-7H,5,14H2,1H3. The second kappa shape index (κ2) is 5.25.